The smallest absolute Gasteiger partial charge is 0.162 e. The van der Waals surface area contributed by atoms with Crippen molar-refractivity contribution in [2.45, 2.75) is 56.7 Å². The van der Waals surface area contributed by atoms with Crippen molar-refractivity contribution in [1.29, 1.82) is 0 Å². The Hall–Kier alpha value is -1.19. The second-order valence-electron chi connectivity index (χ2n) is 6.02. The van der Waals surface area contributed by atoms with Crippen LogP contribution in [-0.2, 0) is 16.0 Å². The summed E-state index contributed by atoms with van der Waals surface area (Å²) in [5.41, 5.74) is 8.40. The van der Waals surface area contributed by atoms with Crippen LogP contribution in [0.2, 0.25) is 0 Å². The zero-order valence-corrected chi connectivity index (χ0v) is 11.9. The van der Waals surface area contributed by atoms with Gasteiger partial charge in [-0.25, -0.2) is 0 Å². The first-order valence-electron chi connectivity index (χ1n) is 7.74. The topological polar surface area (TPSA) is 52.3 Å². The highest BCUT2D eigenvalue weighted by molar-refractivity contribution is 5.84. The molecule has 108 valence electrons. The number of Topliss-reactive ketones (excluding diaryl/α,β-unsaturated/α-hetero) is 1. The highest BCUT2D eigenvalue weighted by Crippen LogP contribution is 2.35. The quantitative estimate of drug-likeness (QED) is 0.917. The number of hydrogen-bond acceptors (Lipinski definition) is 3. The van der Waals surface area contributed by atoms with Crippen molar-refractivity contribution in [3.63, 3.8) is 0 Å². The van der Waals surface area contributed by atoms with Crippen LogP contribution < -0.4 is 5.73 Å². The summed E-state index contributed by atoms with van der Waals surface area (Å²) in [5, 5.41) is 0. The van der Waals surface area contributed by atoms with E-state index in [1.807, 2.05) is 0 Å². The maximum absolute atomic E-state index is 12.4. The molecule has 1 fully saturated rings. The van der Waals surface area contributed by atoms with Crippen LogP contribution in [-0.4, -0.2) is 24.5 Å². The molecule has 0 spiro atoms. The minimum absolute atomic E-state index is 0.0857. The van der Waals surface area contributed by atoms with E-state index in [1.54, 1.807) is 0 Å². The number of aryl methyl sites for hydroxylation is 1. The maximum Gasteiger partial charge on any atom is 0.162 e. The third-order valence-corrected chi connectivity index (χ3v) is 4.67. The van der Waals surface area contributed by atoms with Gasteiger partial charge in [0.15, 0.2) is 5.78 Å². The van der Waals surface area contributed by atoms with E-state index < -0.39 is 0 Å². The molecule has 0 aromatic heterocycles. The van der Waals surface area contributed by atoms with Crippen molar-refractivity contribution < 1.29 is 9.53 Å². The van der Waals surface area contributed by atoms with E-state index in [-0.39, 0.29) is 18.0 Å². The van der Waals surface area contributed by atoms with Crippen LogP contribution in [0.3, 0.4) is 0 Å². The number of ether oxygens (including phenoxy) is 1. The van der Waals surface area contributed by atoms with Crippen LogP contribution in [0.25, 0.3) is 0 Å². The van der Waals surface area contributed by atoms with Gasteiger partial charge in [0, 0.05) is 13.0 Å². The number of carbonyl (C=O) groups is 1. The first-order chi connectivity index (χ1) is 9.78. The van der Waals surface area contributed by atoms with Gasteiger partial charge < -0.3 is 10.5 Å². The summed E-state index contributed by atoms with van der Waals surface area (Å²) in [6, 6.07) is 8.56. The molecule has 2 aliphatic rings. The monoisotopic (exact) mass is 273 g/mol. The Kier molecular flexibility index (Phi) is 4.18. The Morgan fingerprint density at radius 1 is 1.25 bits per heavy atom. The Morgan fingerprint density at radius 3 is 2.90 bits per heavy atom. The van der Waals surface area contributed by atoms with Crippen molar-refractivity contribution in [2.24, 2.45) is 5.73 Å². The molecule has 3 nitrogen and oxygen atoms in total. The van der Waals surface area contributed by atoms with E-state index in [0.29, 0.717) is 18.9 Å². The van der Waals surface area contributed by atoms with Gasteiger partial charge in [0.05, 0.1) is 6.10 Å². The third kappa shape index (κ3) is 2.79. The molecule has 3 atom stereocenters. The van der Waals surface area contributed by atoms with Gasteiger partial charge >= 0.3 is 0 Å². The molecule has 1 saturated heterocycles. The minimum atomic E-state index is -0.211. The number of nitrogens with two attached hydrogens (primary N) is 1. The van der Waals surface area contributed by atoms with Gasteiger partial charge in [0.1, 0.15) is 6.10 Å². The lowest BCUT2D eigenvalue weighted by molar-refractivity contribution is -0.130. The lowest BCUT2D eigenvalue weighted by Crippen LogP contribution is -2.26. The van der Waals surface area contributed by atoms with Crippen LogP contribution in [0.1, 0.15) is 49.1 Å². The zero-order valence-electron chi connectivity index (χ0n) is 11.9. The van der Waals surface area contributed by atoms with Gasteiger partial charge in [0.25, 0.3) is 0 Å². The second kappa shape index (κ2) is 6.06. The highest BCUT2D eigenvalue weighted by Gasteiger charge is 2.32. The Balaban J connectivity index is 1.65. The summed E-state index contributed by atoms with van der Waals surface area (Å²) < 4.78 is 5.73. The van der Waals surface area contributed by atoms with Crippen LogP contribution in [0, 0.1) is 0 Å². The number of ketones is 1. The molecule has 3 rings (SSSR count). The van der Waals surface area contributed by atoms with Gasteiger partial charge in [-0.05, 0) is 49.1 Å². The second-order valence-corrected chi connectivity index (χ2v) is 6.02. The number of fused-ring (bicyclic) bond motifs is 1. The first-order valence-corrected chi connectivity index (χ1v) is 7.74. The summed E-state index contributed by atoms with van der Waals surface area (Å²) in [6.07, 6.45) is 5.72. The molecule has 1 aliphatic carbocycles. The first kappa shape index (κ1) is 13.8. The minimum Gasteiger partial charge on any atom is -0.366 e. The molecular weight excluding hydrogens is 250 g/mol. The molecule has 1 aliphatic heterocycles. The van der Waals surface area contributed by atoms with Crippen molar-refractivity contribution in [2.75, 3.05) is 6.54 Å². The van der Waals surface area contributed by atoms with Crippen LogP contribution in [0.15, 0.2) is 24.3 Å². The SMILES string of the molecule is NCC1CCC(C(=O)CC2CCCc3ccccc32)O1. The number of hydrogen-bond donors (Lipinski definition) is 1. The molecule has 20 heavy (non-hydrogen) atoms. The number of rotatable bonds is 4. The summed E-state index contributed by atoms with van der Waals surface area (Å²) in [5.74, 6) is 0.649. The lowest BCUT2D eigenvalue weighted by Gasteiger charge is -2.25. The van der Waals surface area contributed by atoms with Crippen LogP contribution in [0.5, 0.6) is 0 Å². The summed E-state index contributed by atoms with van der Waals surface area (Å²) in [4.78, 5) is 12.4. The molecule has 1 heterocycles. The molecule has 1 aromatic rings. The predicted octanol–water partition coefficient (Wildman–Crippen LogP) is 2.57. The van der Waals surface area contributed by atoms with Crippen LogP contribution >= 0.6 is 0 Å². The fourth-order valence-electron chi connectivity index (χ4n) is 3.56. The highest BCUT2D eigenvalue weighted by atomic mass is 16.5. The maximum atomic E-state index is 12.4. The summed E-state index contributed by atoms with van der Waals surface area (Å²) in [7, 11) is 0. The average Bonchev–Trinajstić information content (AvgIpc) is 2.97. The van der Waals surface area contributed by atoms with E-state index in [9.17, 15) is 4.79 Å². The van der Waals surface area contributed by atoms with E-state index >= 15 is 0 Å². The fourth-order valence-corrected chi connectivity index (χ4v) is 3.56. The Morgan fingerprint density at radius 2 is 2.10 bits per heavy atom. The van der Waals surface area contributed by atoms with Crippen LogP contribution in [0.4, 0.5) is 0 Å². The molecule has 2 N–H and O–H groups in total. The Bertz CT molecular complexity index is 486. The number of benzene rings is 1. The summed E-state index contributed by atoms with van der Waals surface area (Å²) in [6.45, 7) is 0.524. The van der Waals surface area contributed by atoms with Gasteiger partial charge in [-0.1, -0.05) is 24.3 Å². The fraction of sp³-hybridized carbons (Fsp3) is 0.588. The van der Waals surface area contributed by atoms with Crippen molar-refractivity contribution in [1.82, 2.24) is 0 Å². The normalized spacial score (nSPS) is 29.1. The molecule has 3 heteroatoms. The average molecular weight is 273 g/mol. The summed E-state index contributed by atoms with van der Waals surface area (Å²) >= 11 is 0. The molecule has 0 saturated carbocycles. The zero-order chi connectivity index (χ0) is 13.9. The van der Waals surface area contributed by atoms with Crippen molar-refractivity contribution >= 4 is 5.78 Å². The molecule has 3 unspecified atom stereocenters. The van der Waals surface area contributed by atoms with Gasteiger partial charge in [-0.15, -0.1) is 0 Å². The van der Waals surface area contributed by atoms with Gasteiger partial charge in [0.2, 0.25) is 0 Å². The molecule has 0 amide bonds. The van der Waals surface area contributed by atoms with Gasteiger partial charge in [-0.3, -0.25) is 4.79 Å². The number of carbonyl (C=O) groups excluding carboxylic acids is 1. The Labute approximate surface area is 120 Å². The molecular formula is C17H23NO2. The van der Waals surface area contributed by atoms with Crippen molar-refractivity contribution in [3.8, 4) is 0 Å². The van der Waals surface area contributed by atoms with E-state index in [0.717, 1.165) is 25.7 Å². The van der Waals surface area contributed by atoms with E-state index in [4.69, 9.17) is 10.5 Å². The lowest BCUT2D eigenvalue weighted by atomic mass is 9.79. The van der Waals surface area contributed by atoms with E-state index in [2.05, 4.69) is 24.3 Å². The molecule has 0 radical (unpaired) electrons. The largest absolute Gasteiger partial charge is 0.366 e. The molecule has 1 aromatic carbocycles. The predicted molar refractivity (Wildman–Crippen MR) is 78.7 cm³/mol. The van der Waals surface area contributed by atoms with Crippen molar-refractivity contribution in [3.05, 3.63) is 35.4 Å². The standard InChI is InChI=1S/C17H23NO2/c18-11-14-8-9-17(20-14)16(19)10-13-6-3-5-12-4-1-2-7-15(12)13/h1-2,4,7,13-14,17H,3,5-6,8-11,18H2. The third-order valence-electron chi connectivity index (χ3n) is 4.67. The van der Waals surface area contributed by atoms with Gasteiger partial charge in [-0.2, -0.15) is 0 Å². The molecule has 0 bridgehead atoms. The van der Waals surface area contributed by atoms with E-state index in [1.165, 1.54) is 17.5 Å².